The molecule has 2 aromatic rings. The average molecular weight is 316 g/mol. The molecule has 0 aliphatic heterocycles. The van der Waals surface area contributed by atoms with Crippen LogP contribution in [0.2, 0.25) is 0 Å². The Balaban J connectivity index is 2.64. The summed E-state index contributed by atoms with van der Waals surface area (Å²) in [5, 5.41) is 8.85. The third kappa shape index (κ3) is 3.60. The van der Waals surface area contributed by atoms with E-state index in [9.17, 15) is 9.59 Å². The van der Waals surface area contributed by atoms with E-state index in [4.69, 9.17) is 19.3 Å². The molecule has 0 amide bonds. The number of esters is 1. The van der Waals surface area contributed by atoms with Gasteiger partial charge in [-0.1, -0.05) is 30.3 Å². The van der Waals surface area contributed by atoms with Crippen LogP contribution in [0.3, 0.4) is 0 Å². The summed E-state index contributed by atoms with van der Waals surface area (Å²) in [6, 6.07) is 11.7. The van der Waals surface area contributed by atoms with E-state index < -0.39 is 12.1 Å². The van der Waals surface area contributed by atoms with Gasteiger partial charge in [-0.15, -0.1) is 0 Å². The van der Waals surface area contributed by atoms with Gasteiger partial charge in [0.1, 0.15) is 0 Å². The Bertz CT molecular complexity index is 723. The van der Waals surface area contributed by atoms with E-state index in [1.165, 1.54) is 13.2 Å². The van der Waals surface area contributed by atoms with Gasteiger partial charge in [0, 0.05) is 11.1 Å². The maximum atomic E-state index is 12.0. The third-order valence-corrected chi connectivity index (χ3v) is 3.09. The van der Waals surface area contributed by atoms with Crippen molar-refractivity contribution in [1.29, 1.82) is 0 Å². The molecule has 2 rings (SSSR count). The summed E-state index contributed by atoms with van der Waals surface area (Å²) < 4.78 is 15.1. The number of para-hydroxylation sites is 1. The Hall–Kier alpha value is -3.02. The van der Waals surface area contributed by atoms with E-state index in [2.05, 4.69) is 0 Å². The first-order chi connectivity index (χ1) is 11.1. The van der Waals surface area contributed by atoms with Crippen LogP contribution in [-0.4, -0.2) is 30.9 Å². The molecule has 0 aromatic heterocycles. The second-order valence-corrected chi connectivity index (χ2v) is 4.47. The summed E-state index contributed by atoms with van der Waals surface area (Å²) >= 11 is 0. The molecular formula is C17H16O6. The van der Waals surface area contributed by atoms with Crippen molar-refractivity contribution >= 4 is 12.1 Å². The molecule has 0 saturated carbocycles. The molecule has 0 aliphatic rings. The van der Waals surface area contributed by atoms with Crippen molar-refractivity contribution in [3.8, 4) is 22.6 Å². The highest BCUT2D eigenvalue weighted by Gasteiger charge is 2.19. The minimum absolute atomic E-state index is 0.0662. The van der Waals surface area contributed by atoms with Crippen LogP contribution in [0.15, 0.2) is 42.5 Å². The number of ether oxygens (including phenoxy) is 3. The van der Waals surface area contributed by atoms with Crippen molar-refractivity contribution in [2.45, 2.75) is 6.92 Å². The molecule has 0 aliphatic carbocycles. The van der Waals surface area contributed by atoms with E-state index >= 15 is 0 Å². The minimum atomic E-state index is -1.44. The highest BCUT2D eigenvalue weighted by molar-refractivity contribution is 5.98. The van der Waals surface area contributed by atoms with Crippen molar-refractivity contribution < 1.29 is 28.9 Å². The molecule has 0 radical (unpaired) electrons. The number of rotatable bonds is 5. The van der Waals surface area contributed by atoms with Gasteiger partial charge in [0.15, 0.2) is 11.5 Å². The SMILES string of the molecule is CCOc1c(OC(=O)O)cccc1-c1ccccc1C(=O)OC. The first-order valence-electron chi connectivity index (χ1n) is 6.92. The maximum absolute atomic E-state index is 12.0. The third-order valence-electron chi connectivity index (χ3n) is 3.09. The predicted octanol–water partition coefficient (Wildman–Crippen LogP) is 3.60. The fourth-order valence-corrected chi connectivity index (χ4v) is 2.20. The summed E-state index contributed by atoms with van der Waals surface area (Å²) in [5.74, 6) is -0.169. The van der Waals surface area contributed by atoms with Crippen molar-refractivity contribution in [3.63, 3.8) is 0 Å². The molecule has 1 N–H and O–H groups in total. The quantitative estimate of drug-likeness (QED) is 0.670. The standard InChI is InChI=1S/C17H16O6/c1-3-22-15-12(9-6-10-14(15)23-17(19)20)11-7-4-5-8-13(11)16(18)21-2/h4-10H,3H2,1-2H3,(H,19,20). The van der Waals surface area contributed by atoms with Gasteiger partial charge in [0.05, 0.1) is 19.3 Å². The highest BCUT2D eigenvalue weighted by Crippen LogP contribution is 2.39. The van der Waals surface area contributed by atoms with Gasteiger partial charge in [-0.2, -0.15) is 0 Å². The molecule has 0 heterocycles. The molecule has 120 valence electrons. The van der Waals surface area contributed by atoms with E-state index in [0.29, 0.717) is 23.3 Å². The van der Waals surface area contributed by atoms with Gasteiger partial charge in [-0.05, 0) is 19.1 Å². The molecular weight excluding hydrogens is 300 g/mol. The van der Waals surface area contributed by atoms with E-state index in [1.807, 2.05) is 0 Å². The van der Waals surface area contributed by atoms with Gasteiger partial charge in [-0.3, -0.25) is 0 Å². The number of carboxylic acid groups (broad SMARTS) is 1. The molecule has 0 saturated heterocycles. The number of hydrogen-bond donors (Lipinski definition) is 1. The first kappa shape index (κ1) is 16.4. The summed E-state index contributed by atoms with van der Waals surface area (Å²) in [4.78, 5) is 22.8. The molecule has 23 heavy (non-hydrogen) atoms. The van der Waals surface area contributed by atoms with Gasteiger partial charge >= 0.3 is 12.1 Å². The molecule has 2 aromatic carbocycles. The zero-order valence-electron chi connectivity index (χ0n) is 12.7. The number of carbonyl (C=O) groups excluding carboxylic acids is 1. The monoisotopic (exact) mass is 316 g/mol. The molecule has 0 atom stereocenters. The van der Waals surface area contributed by atoms with Crippen LogP contribution in [0.4, 0.5) is 4.79 Å². The van der Waals surface area contributed by atoms with Crippen LogP contribution in [0, 0.1) is 0 Å². The second-order valence-electron chi connectivity index (χ2n) is 4.47. The Kier molecular flexibility index (Phi) is 5.19. The Morgan fingerprint density at radius 1 is 1.04 bits per heavy atom. The van der Waals surface area contributed by atoms with Crippen LogP contribution in [0.25, 0.3) is 11.1 Å². The average Bonchev–Trinajstić information content (AvgIpc) is 2.55. The fourth-order valence-electron chi connectivity index (χ4n) is 2.20. The Labute approximate surface area is 133 Å². The Morgan fingerprint density at radius 3 is 2.39 bits per heavy atom. The number of carbonyl (C=O) groups is 2. The van der Waals surface area contributed by atoms with E-state index in [-0.39, 0.29) is 11.5 Å². The summed E-state index contributed by atoms with van der Waals surface area (Å²) in [5.41, 5.74) is 1.47. The van der Waals surface area contributed by atoms with Gasteiger partial charge in [0.2, 0.25) is 0 Å². The number of benzene rings is 2. The first-order valence-corrected chi connectivity index (χ1v) is 6.92. The lowest BCUT2D eigenvalue weighted by Crippen LogP contribution is -2.07. The van der Waals surface area contributed by atoms with Crippen LogP contribution < -0.4 is 9.47 Å². The topological polar surface area (TPSA) is 82.1 Å². The van der Waals surface area contributed by atoms with Crippen molar-refractivity contribution in [2.75, 3.05) is 13.7 Å². The minimum Gasteiger partial charge on any atom is -0.489 e. The highest BCUT2D eigenvalue weighted by atomic mass is 16.7. The molecule has 0 bridgehead atoms. The van der Waals surface area contributed by atoms with E-state index in [1.54, 1.807) is 43.3 Å². The van der Waals surface area contributed by atoms with Crippen LogP contribution in [-0.2, 0) is 4.74 Å². The zero-order valence-corrected chi connectivity index (χ0v) is 12.7. The lowest BCUT2D eigenvalue weighted by atomic mass is 9.98. The summed E-state index contributed by atoms with van der Waals surface area (Å²) in [6.07, 6.45) is -1.44. The van der Waals surface area contributed by atoms with Crippen LogP contribution in [0.1, 0.15) is 17.3 Å². The number of methoxy groups -OCH3 is 1. The van der Waals surface area contributed by atoms with Crippen LogP contribution in [0.5, 0.6) is 11.5 Å². The number of hydrogen-bond acceptors (Lipinski definition) is 5. The molecule has 0 unspecified atom stereocenters. The smallest absolute Gasteiger partial charge is 0.489 e. The van der Waals surface area contributed by atoms with Gasteiger partial charge in [0.25, 0.3) is 0 Å². The molecule has 0 fully saturated rings. The lowest BCUT2D eigenvalue weighted by molar-refractivity contribution is 0.0601. The molecule has 6 nitrogen and oxygen atoms in total. The van der Waals surface area contributed by atoms with Crippen molar-refractivity contribution in [2.24, 2.45) is 0 Å². The normalized spacial score (nSPS) is 10.0. The van der Waals surface area contributed by atoms with Crippen molar-refractivity contribution in [3.05, 3.63) is 48.0 Å². The largest absolute Gasteiger partial charge is 0.511 e. The summed E-state index contributed by atoms with van der Waals surface area (Å²) in [6.45, 7) is 2.08. The lowest BCUT2D eigenvalue weighted by Gasteiger charge is -2.15. The van der Waals surface area contributed by atoms with Crippen LogP contribution >= 0.6 is 0 Å². The zero-order chi connectivity index (χ0) is 16.8. The summed E-state index contributed by atoms with van der Waals surface area (Å²) in [7, 11) is 1.30. The predicted molar refractivity (Wildman–Crippen MR) is 83.0 cm³/mol. The maximum Gasteiger partial charge on any atom is 0.511 e. The van der Waals surface area contributed by atoms with Gasteiger partial charge in [-0.25, -0.2) is 9.59 Å². The second kappa shape index (κ2) is 7.31. The van der Waals surface area contributed by atoms with Crippen molar-refractivity contribution in [1.82, 2.24) is 0 Å². The fraction of sp³-hybridized carbons (Fsp3) is 0.176. The molecule has 0 spiro atoms. The van der Waals surface area contributed by atoms with Gasteiger partial charge < -0.3 is 19.3 Å². The molecule has 6 heteroatoms. The van der Waals surface area contributed by atoms with E-state index in [0.717, 1.165) is 0 Å². The Morgan fingerprint density at radius 2 is 1.74 bits per heavy atom.